The number of thiocarbonyl (C=S) groups is 1. The van der Waals surface area contributed by atoms with Gasteiger partial charge < -0.3 is 19.7 Å². The molecule has 0 unspecified atom stereocenters. The molecule has 0 radical (unpaired) electrons. The maximum atomic E-state index is 12.7. The number of ether oxygens (including phenoxy) is 2. The van der Waals surface area contributed by atoms with Crippen LogP contribution in [-0.2, 0) is 6.61 Å². The van der Waals surface area contributed by atoms with Gasteiger partial charge in [-0.15, -0.1) is 0 Å². The zero-order chi connectivity index (χ0) is 23.9. The summed E-state index contributed by atoms with van der Waals surface area (Å²) in [5, 5.41) is 6.66. The molecule has 34 heavy (non-hydrogen) atoms. The zero-order valence-electron chi connectivity index (χ0n) is 18.8. The summed E-state index contributed by atoms with van der Waals surface area (Å²) in [7, 11) is 1.53. The Morgan fingerprint density at radius 1 is 1.00 bits per heavy atom. The average Bonchev–Trinajstić information content (AvgIpc) is 3.39. The van der Waals surface area contributed by atoms with Gasteiger partial charge in [0.2, 0.25) is 0 Å². The molecule has 8 heteroatoms. The summed E-state index contributed by atoms with van der Waals surface area (Å²) in [6.07, 6.45) is 2.46. The monoisotopic (exact) mass is 495 g/mol. The number of methoxy groups -OCH3 is 1. The molecule has 4 rings (SSSR count). The number of halogens is 1. The molecule has 3 aromatic carbocycles. The van der Waals surface area contributed by atoms with E-state index in [1.54, 1.807) is 18.2 Å². The summed E-state index contributed by atoms with van der Waals surface area (Å²) >= 11 is 11.2. The predicted molar refractivity (Wildman–Crippen MR) is 140 cm³/mol. The van der Waals surface area contributed by atoms with Crippen LogP contribution in [-0.4, -0.2) is 31.2 Å². The second kappa shape index (κ2) is 11.2. The Balaban J connectivity index is 1.33. The van der Waals surface area contributed by atoms with Crippen LogP contribution in [0.5, 0.6) is 11.5 Å². The smallest absolute Gasteiger partial charge is 0.257 e. The molecular weight excluding hydrogens is 470 g/mol. The number of nitrogens with one attached hydrogen (secondary N) is 2. The number of hydrogen-bond donors (Lipinski definition) is 2. The average molecular weight is 496 g/mol. The van der Waals surface area contributed by atoms with Gasteiger partial charge in [-0.05, 0) is 85.2 Å². The number of rotatable bonds is 7. The van der Waals surface area contributed by atoms with Gasteiger partial charge in [0.05, 0.1) is 7.11 Å². The Bertz CT molecular complexity index is 1150. The molecule has 0 bridgehead atoms. The first-order chi connectivity index (χ1) is 16.5. The molecule has 1 amide bonds. The highest BCUT2D eigenvalue weighted by molar-refractivity contribution is 7.80. The SMILES string of the molecule is COc1cc(C(=O)NC(=S)Nc2ccc(N3CCCC3)cc2)ccc1OCc1ccc(Cl)cc1. The number of nitrogens with zero attached hydrogens (tertiary/aromatic N) is 1. The summed E-state index contributed by atoms with van der Waals surface area (Å²) in [4.78, 5) is 15.1. The van der Waals surface area contributed by atoms with Crippen LogP contribution in [0, 0.1) is 0 Å². The van der Waals surface area contributed by atoms with Crippen LogP contribution < -0.4 is 25.0 Å². The van der Waals surface area contributed by atoms with Crippen molar-refractivity contribution in [2.24, 2.45) is 0 Å². The first-order valence-corrected chi connectivity index (χ1v) is 11.8. The number of hydrogen-bond acceptors (Lipinski definition) is 5. The van der Waals surface area contributed by atoms with E-state index in [0.717, 1.165) is 24.3 Å². The van der Waals surface area contributed by atoms with Crippen molar-refractivity contribution < 1.29 is 14.3 Å². The largest absolute Gasteiger partial charge is 0.493 e. The molecule has 6 nitrogen and oxygen atoms in total. The highest BCUT2D eigenvalue weighted by Crippen LogP contribution is 2.29. The fourth-order valence-electron chi connectivity index (χ4n) is 3.74. The third-order valence-corrected chi connectivity index (χ3v) is 6.01. The van der Waals surface area contributed by atoms with Gasteiger partial charge in [0, 0.05) is 35.1 Å². The van der Waals surface area contributed by atoms with Crippen LogP contribution >= 0.6 is 23.8 Å². The highest BCUT2D eigenvalue weighted by Gasteiger charge is 2.14. The Labute approximate surface area is 209 Å². The molecule has 1 saturated heterocycles. The number of amides is 1. The van der Waals surface area contributed by atoms with Crippen molar-refractivity contribution in [1.82, 2.24) is 5.32 Å². The molecule has 0 saturated carbocycles. The van der Waals surface area contributed by atoms with Gasteiger partial charge in [-0.3, -0.25) is 10.1 Å². The second-order valence-corrected chi connectivity index (χ2v) is 8.77. The van der Waals surface area contributed by atoms with Crippen LogP contribution in [0.1, 0.15) is 28.8 Å². The molecule has 1 aliphatic heterocycles. The Kier molecular flexibility index (Phi) is 7.87. The molecule has 0 aromatic heterocycles. The minimum absolute atomic E-state index is 0.223. The molecule has 1 aliphatic rings. The van der Waals surface area contributed by atoms with Crippen molar-refractivity contribution in [3.05, 3.63) is 82.9 Å². The molecule has 0 spiro atoms. The van der Waals surface area contributed by atoms with Gasteiger partial charge in [-0.25, -0.2) is 0 Å². The minimum atomic E-state index is -0.339. The van der Waals surface area contributed by atoms with E-state index >= 15 is 0 Å². The molecule has 1 heterocycles. The number of carbonyl (C=O) groups is 1. The van der Waals surface area contributed by atoms with Crippen molar-refractivity contribution in [2.45, 2.75) is 19.4 Å². The highest BCUT2D eigenvalue weighted by atomic mass is 35.5. The fraction of sp³-hybridized carbons (Fsp3) is 0.231. The Hall–Kier alpha value is -3.29. The van der Waals surface area contributed by atoms with Gasteiger partial charge in [0.15, 0.2) is 16.6 Å². The van der Waals surface area contributed by atoms with Crippen LogP contribution in [0.2, 0.25) is 5.02 Å². The summed E-state index contributed by atoms with van der Waals surface area (Å²) < 4.78 is 11.3. The maximum Gasteiger partial charge on any atom is 0.257 e. The van der Waals surface area contributed by atoms with Gasteiger partial charge in [-0.1, -0.05) is 23.7 Å². The van der Waals surface area contributed by atoms with Gasteiger partial charge >= 0.3 is 0 Å². The van der Waals surface area contributed by atoms with E-state index < -0.39 is 0 Å². The summed E-state index contributed by atoms with van der Waals surface area (Å²) in [5.41, 5.74) is 3.39. The lowest BCUT2D eigenvalue weighted by Gasteiger charge is -2.18. The van der Waals surface area contributed by atoms with E-state index in [2.05, 4.69) is 27.7 Å². The van der Waals surface area contributed by atoms with Crippen LogP contribution in [0.4, 0.5) is 11.4 Å². The normalized spacial score (nSPS) is 12.8. The summed E-state index contributed by atoms with van der Waals surface area (Å²) in [6.45, 7) is 2.54. The van der Waals surface area contributed by atoms with Crippen molar-refractivity contribution >= 4 is 46.2 Å². The number of benzene rings is 3. The molecule has 3 aromatic rings. The molecular formula is C26H26ClN3O3S. The van der Waals surface area contributed by atoms with Crippen LogP contribution in [0.25, 0.3) is 0 Å². The lowest BCUT2D eigenvalue weighted by atomic mass is 10.2. The van der Waals surface area contributed by atoms with Crippen LogP contribution in [0.15, 0.2) is 66.7 Å². The van der Waals surface area contributed by atoms with Gasteiger partial charge in [0.25, 0.3) is 5.91 Å². The van der Waals surface area contributed by atoms with E-state index in [1.807, 2.05) is 36.4 Å². The van der Waals surface area contributed by atoms with E-state index in [4.69, 9.17) is 33.3 Å². The number of anilines is 2. The third kappa shape index (κ3) is 6.18. The first-order valence-electron chi connectivity index (χ1n) is 11.0. The Morgan fingerprint density at radius 2 is 1.71 bits per heavy atom. The standard InChI is InChI=1S/C26H26ClN3O3S/c1-32-24-16-19(6-13-23(24)33-17-18-4-7-20(27)8-5-18)25(31)29-26(34)28-21-9-11-22(12-10-21)30-14-2-3-15-30/h4-13,16H,2-3,14-15,17H2,1H3,(H2,28,29,31,34). The molecule has 2 N–H and O–H groups in total. The van der Waals surface area contributed by atoms with E-state index in [9.17, 15) is 4.79 Å². The predicted octanol–water partition coefficient (Wildman–Crippen LogP) is 5.65. The van der Waals surface area contributed by atoms with Crippen molar-refractivity contribution in [3.63, 3.8) is 0 Å². The summed E-state index contributed by atoms with van der Waals surface area (Å²) in [5.74, 6) is 0.652. The lowest BCUT2D eigenvalue weighted by Crippen LogP contribution is -2.34. The minimum Gasteiger partial charge on any atom is -0.493 e. The lowest BCUT2D eigenvalue weighted by molar-refractivity contribution is 0.0977. The van der Waals surface area contributed by atoms with Gasteiger partial charge in [0.1, 0.15) is 6.61 Å². The molecule has 0 aliphatic carbocycles. The molecule has 0 atom stereocenters. The van der Waals surface area contributed by atoms with E-state index in [-0.39, 0.29) is 11.0 Å². The van der Waals surface area contributed by atoms with Crippen molar-refractivity contribution in [3.8, 4) is 11.5 Å². The fourth-order valence-corrected chi connectivity index (χ4v) is 4.07. The van der Waals surface area contributed by atoms with Crippen LogP contribution in [0.3, 0.4) is 0 Å². The number of carbonyl (C=O) groups excluding carboxylic acids is 1. The molecule has 176 valence electrons. The molecule has 1 fully saturated rings. The topological polar surface area (TPSA) is 62.8 Å². The summed E-state index contributed by atoms with van der Waals surface area (Å²) in [6, 6.07) is 20.4. The first kappa shape index (κ1) is 23.9. The zero-order valence-corrected chi connectivity index (χ0v) is 20.4. The van der Waals surface area contributed by atoms with Crippen molar-refractivity contribution in [1.29, 1.82) is 0 Å². The third-order valence-electron chi connectivity index (χ3n) is 5.56. The van der Waals surface area contributed by atoms with E-state index in [1.165, 1.54) is 25.6 Å². The second-order valence-electron chi connectivity index (χ2n) is 7.93. The van der Waals surface area contributed by atoms with Gasteiger partial charge in [-0.2, -0.15) is 0 Å². The maximum absolute atomic E-state index is 12.7. The quantitative estimate of drug-likeness (QED) is 0.413. The van der Waals surface area contributed by atoms with Crippen molar-refractivity contribution in [2.75, 3.05) is 30.4 Å². The Morgan fingerprint density at radius 3 is 2.38 bits per heavy atom. The van der Waals surface area contributed by atoms with E-state index in [0.29, 0.717) is 28.7 Å².